The summed E-state index contributed by atoms with van der Waals surface area (Å²) < 4.78 is 11.2. The zero-order chi connectivity index (χ0) is 11.7. The Bertz CT molecular complexity index is 255. The SMILES string of the molecule is OC(C1CCOCC1)C1CN2CCCC2CO1. The predicted molar refractivity (Wildman–Crippen MR) is 63.9 cm³/mol. The largest absolute Gasteiger partial charge is 0.390 e. The van der Waals surface area contributed by atoms with Crippen LogP contribution in [0.3, 0.4) is 0 Å². The van der Waals surface area contributed by atoms with Gasteiger partial charge >= 0.3 is 0 Å². The maximum atomic E-state index is 10.4. The summed E-state index contributed by atoms with van der Waals surface area (Å²) in [4.78, 5) is 2.50. The van der Waals surface area contributed by atoms with Crippen LogP contribution in [-0.4, -0.2) is 61.2 Å². The van der Waals surface area contributed by atoms with Gasteiger partial charge in [-0.2, -0.15) is 0 Å². The van der Waals surface area contributed by atoms with Gasteiger partial charge in [0.25, 0.3) is 0 Å². The Hall–Kier alpha value is -0.160. The predicted octanol–water partition coefficient (Wildman–Crippen LogP) is 0.637. The van der Waals surface area contributed by atoms with E-state index in [1.54, 1.807) is 0 Å². The summed E-state index contributed by atoms with van der Waals surface area (Å²) in [6.07, 6.45) is 4.22. The molecule has 3 fully saturated rings. The maximum Gasteiger partial charge on any atom is 0.0964 e. The van der Waals surface area contributed by atoms with Crippen molar-refractivity contribution in [1.29, 1.82) is 0 Å². The van der Waals surface area contributed by atoms with Crippen molar-refractivity contribution < 1.29 is 14.6 Å². The number of nitrogens with zero attached hydrogens (tertiary/aromatic N) is 1. The monoisotopic (exact) mass is 241 g/mol. The van der Waals surface area contributed by atoms with Crippen molar-refractivity contribution in [3.63, 3.8) is 0 Å². The van der Waals surface area contributed by atoms with Crippen LogP contribution in [0.5, 0.6) is 0 Å². The molecule has 3 saturated heterocycles. The van der Waals surface area contributed by atoms with E-state index >= 15 is 0 Å². The fourth-order valence-electron chi connectivity index (χ4n) is 3.41. The van der Waals surface area contributed by atoms with Crippen molar-refractivity contribution in [2.75, 3.05) is 32.9 Å². The van der Waals surface area contributed by atoms with E-state index in [1.165, 1.54) is 19.4 Å². The minimum Gasteiger partial charge on any atom is -0.390 e. The van der Waals surface area contributed by atoms with Crippen LogP contribution in [0.25, 0.3) is 0 Å². The quantitative estimate of drug-likeness (QED) is 0.770. The number of morpholine rings is 1. The average molecular weight is 241 g/mol. The van der Waals surface area contributed by atoms with Gasteiger partial charge in [0.2, 0.25) is 0 Å². The Morgan fingerprint density at radius 3 is 2.82 bits per heavy atom. The fraction of sp³-hybridized carbons (Fsp3) is 1.00. The van der Waals surface area contributed by atoms with Gasteiger partial charge in [-0.15, -0.1) is 0 Å². The van der Waals surface area contributed by atoms with E-state index in [4.69, 9.17) is 9.47 Å². The summed E-state index contributed by atoms with van der Waals surface area (Å²) in [6.45, 7) is 4.50. The molecule has 0 aromatic carbocycles. The minimum atomic E-state index is -0.305. The molecule has 4 heteroatoms. The topological polar surface area (TPSA) is 41.9 Å². The standard InChI is InChI=1S/C13H23NO3/c15-13(10-3-6-16-7-4-10)12-8-14-5-1-2-11(14)9-17-12/h10-13,15H,1-9H2. The summed E-state index contributed by atoms with van der Waals surface area (Å²) in [5.41, 5.74) is 0. The second-order valence-corrected chi connectivity index (χ2v) is 5.60. The lowest BCUT2D eigenvalue weighted by atomic mass is 9.90. The molecule has 4 nitrogen and oxygen atoms in total. The average Bonchev–Trinajstić information content (AvgIpc) is 2.86. The van der Waals surface area contributed by atoms with Gasteiger partial charge in [-0.25, -0.2) is 0 Å². The molecule has 3 rings (SSSR count). The van der Waals surface area contributed by atoms with Gasteiger partial charge < -0.3 is 14.6 Å². The van der Waals surface area contributed by atoms with Gasteiger partial charge in [-0.3, -0.25) is 4.90 Å². The molecule has 1 N–H and O–H groups in total. The molecule has 98 valence electrons. The number of ether oxygens (including phenoxy) is 2. The van der Waals surface area contributed by atoms with Crippen LogP contribution in [0.4, 0.5) is 0 Å². The van der Waals surface area contributed by atoms with E-state index in [-0.39, 0.29) is 12.2 Å². The van der Waals surface area contributed by atoms with Gasteiger partial charge in [-0.05, 0) is 38.1 Å². The molecule has 17 heavy (non-hydrogen) atoms. The lowest BCUT2D eigenvalue weighted by molar-refractivity contribution is -0.127. The summed E-state index contributed by atoms with van der Waals surface area (Å²) in [5, 5.41) is 10.4. The second kappa shape index (κ2) is 5.22. The van der Waals surface area contributed by atoms with E-state index in [0.717, 1.165) is 39.2 Å². The molecule has 0 bridgehead atoms. The maximum absolute atomic E-state index is 10.4. The van der Waals surface area contributed by atoms with Gasteiger partial charge in [0.1, 0.15) is 0 Å². The lowest BCUT2D eigenvalue weighted by Gasteiger charge is -2.40. The van der Waals surface area contributed by atoms with E-state index in [1.807, 2.05) is 0 Å². The highest BCUT2D eigenvalue weighted by molar-refractivity contribution is 4.89. The number of hydrogen-bond acceptors (Lipinski definition) is 4. The van der Waals surface area contributed by atoms with Crippen molar-refractivity contribution in [2.45, 2.75) is 43.9 Å². The van der Waals surface area contributed by atoms with Crippen molar-refractivity contribution >= 4 is 0 Å². The molecule has 0 aromatic heterocycles. The van der Waals surface area contributed by atoms with Crippen LogP contribution < -0.4 is 0 Å². The molecular formula is C13H23NO3. The Morgan fingerprint density at radius 1 is 1.18 bits per heavy atom. The van der Waals surface area contributed by atoms with Gasteiger partial charge in [0, 0.05) is 25.8 Å². The molecule has 3 unspecified atom stereocenters. The zero-order valence-electron chi connectivity index (χ0n) is 10.4. The van der Waals surface area contributed by atoms with Gasteiger partial charge in [0.05, 0.1) is 18.8 Å². The van der Waals surface area contributed by atoms with Gasteiger partial charge in [-0.1, -0.05) is 0 Å². The first kappa shape index (κ1) is 11.9. The smallest absolute Gasteiger partial charge is 0.0964 e. The van der Waals surface area contributed by atoms with Crippen molar-refractivity contribution in [2.24, 2.45) is 5.92 Å². The van der Waals surface area contributed by atoms with Crippen LogP contribution in [0.2, 0.25) is 0 Å². The van der Waals surface area contributed by atoms with Crippen LogP contribution in [-0.2, 0) is 9.47 Å². The Morgan fingerprint density at radius 2 is 2.00 bits per heavy atom. The lowest BCUT2D eigenvalue weighted by Crippen LogP contribution is -2.52. The molecule has 0 spiro atoms. The number of fused-ring (bicyclic) bond motifs is 1. The molecule has 3 aliphatic rings. The summed E-state index contributed by atoms with van der Waals surface area (Å²) in [7, 11) is 0. The highest BCUT2D eigenvalue weighted by Gasteiger charge is 2.38. The van der Waals surface area contributed by atoms with Crippen LogP contribution in [0.15, 0.2) is 0 Å². The van der Waals surface area contributed by atoms with E-state index < -0.39 is 0 Å². The molecule has 0 radical (unpaired) electrons. The van der Waals surface area contributed by atoms with E-state index in [0.29, 0.717) is 12.0 Å². The third-order valence-electron chi connectivity index (χ3n) is 4.55. The highest BCUT2D eigenvalue weighted by atomic mass is 16.5. The molecular weight excluding hydrogens is 218 g/mol. The minimum absolute atomic E-state index is 0.0208. The Kier molecular flexibility index (Phi) is 3.66. The van der Waals surface area contributed by atoms with Crippen molar-refractivity contribution in [1.82, 2.24) is 4.90 Å². The number of rotatable bonds is 2. The molecule has 3 atom stereocenters. The number of aliphatic hydroxyl groups is 1. The third-order valence-corrected chi connectivity index (χ3v) is 4.55. The summed E-state index contributed by atoms with van der Waals surface area (Å²) in [6, 6.07) is 0.619. The number of hydrogen-bond donors (Lipinski definition) is 1. The third kappa shape index (κ3) is 2.50. The first-order valence-electron chi connectivity index (χ1n) is 6.96. The molecule has 0 aromatic rings. The Labute approximate surface area is 103 Å². The molecule has 0 amide bonds. The zero-order valence-corrected chi connectivity index (χ0v) is 10.4. The summed E-state index contributed by atoms with van der Waals surface area (Å²) >= 11 is 0. The van der Waals surface area contributed by atoms with Crippen LogP contribution in [0, 0.1) is 5.92 Å². The van der Waals surface area contributed by atoms with Crippen LogP contribution in [0.1, 0.15) is 25.7 Å². The Balaban J connectivity index is 1.56. The second-order valence-electron chi connectivity index (χ2n) is 5.60. The van der Waals surface area contributed by atoms with Gasteiger partial charge in [0.15, 0.2) is 0 Å². The first-order valence-corrected chi connectivity index (χ1v) is 6.96. The molecule has 3 heterocycles. The molecule has 3 aliphatic heterocycles. The summed E-state index contributed by atoms with van der Waals surface area (Å²) in [5.74, 6) is 0.368. The van der Waals surface area contributed by atoms with E-state index in [9.17, 15) is 5.11 Å². The highest BCUT2D eigenvalue weighted by Crippen LogP contribution is 2.28. The first-order chi connectivity index (χ1) is 8.34. The molecule has 0 aliphatic carbocycles. The fourth-order valence-corrected chi connectivity index (χ4v) is 3.41. The molecule has 0 saturated carbocycles. The number of aliphatic hydroxyl groups excluding tert-OH is 1. The van der Waals surface area contributed by atoms with Crippen molar-refractivity contribution in [3.05, 3.63) is 0 Å². The van der Waals surface area contributed by atoms with Crippen LogP contribution >= 0.6 is 0 Å². The normalized spacial score (nSPS) is 37.9. The van der Waals surface area contributed by atoms with E-state index in [2.05, 4.69) is 4.90 Å². The van der Waals surface area contributed by atoms with Crippen molar-refractivity contribution in [3.8, 4) is 0 Å².